The predicted octanol–water partition coefficient (Wildman–Crippen LogP) is 2.29. The number of aliphatic hydroxyl groups is 1. The van der Waals surface area contributed by atoms with Gasteiger partial charge in [-0.1, -0.05) is 51.1 Å². The maximum Gasteiger partial charge on any atom is 0.324 e. The van der Waals surface area contributed by atoms with Crippen LogP contribution in [0.3, 0.4) is 0 Å². The summed E-state index contributed by atoms with van der Waals surface area (Å²) in [5, 5.41) is 19.3. The van der Waals surface area contributed by atoms with E-state index < -0.39 is 60.1 Å². The zero-order chi connectivity index (χ0) is 31.2. The smallest absolute Gasteiger partial charge is 0.324 e. The van der Waals surface area contributed by atoms with E-state index in [1.165, 1.54) is 4.90 Å². The number of carboxylic acids is 1. The van der Waals surface area contributed by atoms with Gasteiger partial charge in [0.2, 0.25) is 5.91 Å². The topological polar surface area (TPSA) is 168 Å². The van der Waals surface area contributed by atoms with Crippen LogP contribution in [-0.4, -0.2) is 73.2 Å². The summed E-state index contributed by atoms with van der Waals surface area (Å²) in [6.07, 6.45) is 1.46. The Balaban J connectivity index is 2.09. The number of nitrogens with two attached hydrogens (primary N) is 2. The summed E-state index contributed by atoms with van der Waals surface area (Å²) in [7, 11) is 0. The van der Waals surface area contributed by atoms with Gasteiger partial charge in [-0.05, 0) is 35.6 Å². The number of nitrogens with zero attached hydrogens (tertiary/aromatic N) is 4. The van der Waals surface area contributed by atoms with Crippen molar-refractivity contribution in [1.29, 1.82) is 0 Å². The molecule has 1 aromatic heterocycles. The molecule has 0 saturated carbocycles. The standard InChI is InChI=1S/C29H36F2N6O5/c1-29(2,3)26(36(24(39)17-38)12-11-22(32)28(42)37(33)16-25(40)41)27-34-23(20-13-19(30)9-10-21(20)31)15-35(27)14-18-7-5-4-6-8-18/h4-10,13,15,22,26,38H,11-12,14,16-17,32-33H2,1-3H3,(H,40,41)/t22-,26-/m0/s1. The van der Waals surface area contributed by atoms with E-state index in [2.05, 4.69) is 0 Å². The zero-order valence-electron chi connectivity index (χ0n) is 23.7. The van der Waals surface area contributed by atoms with Crippen molar-refractivity contribution in [3.8, 4) is 11.3 Å². The molecule has 2 amide bonds. The van der Waals surface area contributed by atoms with Gasteiger partial charge >= 0.3 is 5.97 Å². The molecule has 11 nitrogen and oxygen atoms in total. The molecule has 1 heterocycles. The highest BCUT2D eigenvalue weighted by molar-refractivity contribution is 5.84. The third kappa shape index (κ3) is 7.96. The number of aliphatic hydroxyl groups excluding tert-OH is 1. The van der Waals surface area contributed by atoms with Crippen LogP contribution in [0, 0.1) is 17.0 Å². The average molecular weight is 587 g/mol. The lowest BCUT2D eigenvalue weighted by atomic mass is 9.84. The van der Waals surface area contributed by atoms with Crippen LogP contribution >= 0.6 is 0 Å². The molecule has 0 aliphatic carbocycles. The summed E-state index contributed by atoms with van der Waals surface area (Å²) in [4.78, 5) is 42.7. The van der Waals surface area contributed by atoms with Crippen LogP contribution in [0.4, 0.5) is 8.78 Å². The van der Waals surface area contributed by atoms with Crippen LogP contribution in [0.2, 0.25) is 0 Å². The van der Waals surface area contributed by atoms with Crippen molar-refractivity contribution in [1.82, 2.24) is 19.5 Å². The highest BCUT2D eigenvalue weighted by Gasteiger charge is 2.38. The van der Waals surface area contributed by atoms with E-state index in [-0.39, 0.29) is 30.8 Å². The number of carboxylic acid groups (broad SMARTS) is 1. The molecule has 6 N–H and O–H groups in total. The van der Waals surface area contributed by atoms with E-state index in [4.69, 9.17) is 21.7 Å². The molecule has 3 aromatic rings. The number of carbonyl (C=O) groups excluding carboxylic acids is 2. The van der Waals surface area contributed by atoms with Crippen molar-refractivity contribution >= 4 is 17.8 Å². The summed E-state index contributed by atoms with van der Waals surface area (Å²) >= 11 is 0. The zero-order valence-corrected chi connectivity index (χ0v) is 23.7. The first-order valence-electron chi connectivity index (χ1n) is 13.2. The lowest BCUT2D eigenvalue weighted by molar-refractivity contribution is -0.145. The molecule has 3 rings (SSSR count). The van der Waals surface area contributed by atoms with Gasteiger partial charge in [0, 0.05) is 24.8 Å². The average Bonchev–Trinajstić information content (AvgIpc) is 3.32. The van der Waals surface area contributed by atoms with Gasteiger partial charge in [0.25, 0.3) is 5.91 Å². The van der Waals surface area contributed by atoms with E-state index in [0.717, 1.165) is 23.8 Å². The van der Waals surface area contributed by atoms with Gasteiger partial charge in [-0.25, -0.2) is 19.6 Å². The number of hydrogen-bond donors (Lipinski definition) is 4. The molecule has 13 heteroatoms. The first kappa shape index (κ1) is 32.3. The number of hydrazine groups is 1. The minimum absolute atomic E-state index is 0.0650. The number of imidazole rings is 1. The summed E-state index contributed by atoms with van der Waals surface area (Å²) in [6.45, 7) is 4.08. The second-order valence-electron chi connectivity index (χ2n) is 11.0. The monoisotopic (exact) mass is 586 g/mol. The fourth-order valence-electron chi connectivity index (χ4n) is 4.70. The summed E-state index contributed by atoms with van der Waals surface area (Å²) < 4.78 is 30.7. The highest BCUT2D eigenvalue weighted by atomic mass is 19.1. The van der Waals surface area contributed by atoms with E-state index in [1.807, 2.05) is 51.1 Å². The lowest BCUT2D eigenvalue weighted by Crippen LogP contribution is -2.51. The van der Waals surface area contributed by atoms with Gasteiger partial charge in [0.1, 0.15) is 30.6 Å². The molecule has 0 bridgehead atoms. The minimum Gasteiger partial charge on any atom is -0.480 e. The molecular formula is C29H36F2N6O5. The number of rotatable bonds is 12. The van der Waals surface area contributed by atoms with Crippen LogP contribution in [0.1, 0.15) is 44.6 Å². The van der Waals surface area contributed by atoms with Crippen molar-refractivity contribution < 1.29 is 33.4 Å². The Bertz CT molecular complexity index is 1410. The first-order valence-corrected chi connectivity index (χ1v) is 13.2. The minimum atomic E-state index is -1.32. The van der Waals surface area contributed by atoms with Crippen molar-refractivity contribution in [2.75, 3.05) is 19.7 Å². The maximum absolute atomic E-state index is 14.8. The Hall–Kier alpha value is -4.20. The molecule has 0 fully saturated rings. The molecule has 226 valence electrons. The lowest BCUT2D eigenvalue weighted by Gasteiger charge is -2.40. The SMILES string of the molecule is CC(C)(C)[C@H](c1nc(-c2cc(F)ccc2F)cn1Cc1ccccc1)N(CC[C@H](N)C(=O)N(N)CC(=O)O)C(=O)CO. The Morgan fingerprint density at radius 3 is 2.36 bits per heavy atom. The van der Waals surface area contributed by atoms with Crippen LogP contribution in [-0.2, 0) is 20.9 Å². The van der Waals surface area contributed by atoms with E-state index >= 15 is 0 Å². The Morgan fingerprint density at radius 2 is 1.76 bits per heavy atom. The van der Waals surface area contributed by atoms with E-state index in [0.29, 0.717) is 10.8 Å². The Morgan fingerprint density at radius 1 is 1.10 bits per heavy atom. The van der Waals surface area contributed by atoms with Gasteiger partial charge in [-0.3, -0.25) is 19.4 Å². The maximum atomic E-state index is 14.8. The summed E-state index contributed by atoms with van der Waals surface area (Å²) in [5.74, 6) is 1.70. The van der Waals surface area contributed by atoms with Crippen LogP contribution in [0.5, 0.6) is 0 Å². The van der Waals surface area contributed by atoms with Crippen molar-refractivity contribution in [2.45, 2.75) is 45.8 Å². The number of carbonyl (C=O) groups is 3. The van der Waals surface area contributed by atoms with Crippen molar-refractivity contribution in [2.24, 2.45) is 17.0 Å². The molecule has 0 aliphatic heterocycles. The number of aliphatic carboxylic acids is 1. The van der Waals surface area contributed by atoms with Crippen molar-refractivity contribution in [3.05, 3.63) is 77.8 Å². The molecule has 0 spiro atoms. The fourth-order valence-corrected chi connectivity index (χ4v) is 4.70. The van der Waals surface area contributed by atoms with Gasteiger partial charge in [-0.2, -0.15) is 0 Å². The first-order chi connectivity index (χ1) is 19.7. The number of amides is 2. The largest absolute Gasteiger partial charge is 0.480 e. The molecule has 0 saturated heterocycles. The summed E-state index contributed by atoms with van der Waals surface area (Å²) in [5.41, 5.74) is 6.24. The second-order valence-corrected chi connectivity index (χ2v) is 11.0. The molecule has 0 unspecified atom stereocenters. The molecule has 2 atom stereocenters. The number of halogens is 2. The van der Waals surface area contributed by atoms with E-state index in [9.17, 15) is 28.3 Å². The predicted molar refractivity (Wildman–Crippen MR) is 150 cm³/mol. The van der Waals surface area contributed by atoms with E-state index in [1.54, 1.807) is 10.8 Å². The van der Waals surface area contributed by atoms with Crippen LogP contribution < -0.4 is 11.6 Å². The number of aromatic nitrogens is 2. The van der Waals surface area contributed by atoms with Gasteiger partial charge in [0.05, 0.1) is 17.8 Å². The van der Waals surface area contributed by atoms with Gasteiger partial charge in [0.15, 0.2) is 0 Å². The third-order valence-electron chi connectivity index (χ3n) is 6.63. The normalized spacial score (nSPS) is 13.0. The molecular weight excluding hydrogens is 550 g/mol. The van der Waals surface area contributed by atoms with Gasteiger partial charge < -0.3 is 25.4 Å². The second kappa shape index (κ2) is 13.6. The fraction of sp³-hybridized carbons (Fsp3) is 0.379. The third-order valence-corrected chi connectivity index (χ3v) is 6.63. The Kier molecular flexibility index (Phi) is 10.5. The van der Waals surface area contributed by atoms with Crippen LogP contribution in [0.25, 0.3) is 11.3 Å². The van der Waals surface area contributed by atoms with Crippen molar-refractivity contribution in [3.63, 3.8) is 0 Å². The Labute approximate surface area is 242 Å². The molecule has 42 heavy (non-hydrogen) atoms. The number of benzene rings is 2. The summed E-state index contributed by atoms with van der Waals surface area (Å²) in [6, 6.07) is 10.3. The molecule has 0 aliphatic rings. The highest BCUT2D eigenvalue weighted by Crippen LogP contribution is 2.39. The molecule has 2 aromatic carbocycles. The quantitative estimate of drug-likeness (QED) is 0.142. The molecule has 0 radical (unpaired) electrons. The number of hydrogen-bond acceptors (Lipinski definition) is 7. The van der Waals surface area contributed by atoms with Crippen LogP contribution in [0.15, 0.2) is 54.7 Å². The van der Waals surface area contributed by atoms with Gasteiger partial charge in [-0.15, -0.1) is 0 Å².